The van der Waals surface area contributed by atoms with Crippen molar-refractivity contribution in [1.29, 1.82) is 0 Å². The molecule has 0 bridgehead atoms. The van der Waals surface area contributed by atoms with Gasteiger partial charge in [-0.25, -0.2) is 0 Å². The normalized spacial score (nSPS) is 42.0. The van der Waals surface area contributed by atoms with Crippen LogP contribution in [-0.4, -0.2) is 24.9 Å². The van der Waals surface area contributed by atoms with Crippen molar-refractivity contribution in [3.8, 4) is 0 Å². The van der Waals surface area contributed by atoms with Gasteiger partial charge in [0.2, 0.25) is 0 Å². The molecule has 1 rings (SSSR count). The van der Waals surface area contributed by atoms with Crippen molar-refractivity contribution in [3.63, 3.8) is 0 Å². The Morgan fingerprint density at radius 1 is 1.33 bits per heavy atom. The van der Waals surface area contributed by atoms with Crippen molar-refractivity contribution in [2.24, 2.45) is 5.92 Å². The lowest BCUT2D eigenvalue weighted by atomic mass is 10.00. The van der Waals surface area contributed by atoms with Crippen LogP contribution in [0.2, 0.25) is 0 Å². The molecule has 6 atom stereocenters. The molecular weight excluding hydrogens is 194 g/mol. The number of rotatable bonds is 3. The maximum atomic E-state index is 5.64. The van der Waals surface area contributed by atoms with Gasteiger partial charge in [0, 0.05) is 24.9 Å². The zero-order valence-corrected chi connectivity index (χ0v) is 9.71. The van der Waals surface area contributed by atoms with Gasteiger partial charge in [-0.05, 0) is 6.92 Å². The van der Waals surface area contributed by atoms with E-state index < -0.39 is 0 Å². The van der Waals surface area contributed by atoms with Crippen molar-refractivity contribution in [2.45, 2.75) is 32.2 Å². The lowest BCUT2D eigenvalue weighted by molar-refractivity contribution is 0.00285. The molecule has 5 heteroatoms. The van der Waals surface area contributed by atoms with Crippen LogP contribution < -0.4 is 0 Å². The maximum Gasteiger partial charge on any atom is 0.108 e. The predicted molar refractivity (Wildman–Crippen MR) is 53.7 cm³/mol. The van der Waals surface area contributed by atoms with E-state index in [-0.39, 0.29) is 18.3 Å². The smallest absolute Gasteiger partial charge is 0.108 e. The standard InChI is InChI=1S/C7H16O3P2/c1-4-5(2)9-6(3-8-11)7(4)10-12/h4-7H,3,11-12H2,1-2H3. The Labute approximate surface area is 78.1 Å². The maximum absolute atomic E-state index is 5.64. The molecule has 1 saturated heterocycles. The van der Waals surface area contributed by atoms with Crippen LogP contribution >= 0.6 is 18.9 Å². The van der Waals surface area contributed by atoms with Crippen LogP contribution in [-0.2, 0) is 13.8 Å². The molecule has 3 nitrogen and oxygen atoms in total. The Kier molecular flexibility index (Phi) is 4.36. The van der Waals surface area contributed by atoms with Gasteiger partial charge in [0.05, 0.1) is 18.8 Å². The molecule has 0 aromatic rings. The summed E-state index contributed by atoms with van der Waals surface area (Å²) < 4.78 is 15.9. The average molecular weight is 210 g/mol. The summed E-state index contributed by atoms with van der Waals surface area (Å²) in [6.07, 6.45) is 0.441. The number of hydrogen-bond acceptors (Lipinski definition) is 3. The molecule has 1 fully saturated rings. The fourth-order valence-electron chi connectivity index (χ4n) is 1.52. The minimum Gasteiger partial charge on any atom is -0.370 e. The van der Waals surface area contributed by atoms with E-state index in [0.717, 1.165) is 0 Å². The van der Waals surface area contributed by atoms with Crippen molar-refractivity contribution in [2.75, 3.05) is 6.61 Å². The molecule has 0 aromatic heterocycles. The molecule has 0 radical (unpaired) electrons. The van der Waals surface area contributed by atoms with Gasteiger partial charge in [-0.3, -0.25) is 0 Å². The first-order valence-corrected chi connectivity index (χ1v) is 4.97. The van der Waals surface area contributed by atoms with E-state index in [2.05, 4.69) is 32.8 Å². The van der Waals surface area contributed by atoms with E-state index in [1.807, 2.05) is 0 Å². The van der Waals surface area contributed by atoms with Gasteiger partial charge >= 0.3 is 0 Å². The van der Waals surface area contributed by atoms with Gasteiger partial charge < -0.3 is 13.8 Å². The molecule has 0 saturated carbocycles. The number of hydrogen-bond donors (Lipinski definition) is 0. The first-order valence-electron chi connectivity index (χ1n) is 4.03. The minimum absolute atomic E-state index is 0.0602. The third-order valence-corrected chi connectivity index (χ3v) is 2.94. The van der Waals surface area contributed by atoms with E-state index in [9.17, 15) is 0 Å². The van der Waals surface area contributed by atoms with Crippen molar-refractivity contribution in [3.05, 3.63) is 0 Å². The summed E-state index contributed by atoms with van der Waals surface area (Å²) >= 11 is 0. The second-order valence-electron chi connectivity index (χ2n) is 3.17. The summed E-state index contributed by atoms with van der Waals surface area (Å²) in [4.78, 5) is 0. The molecule has 0 aliphatic carbocycles. The highest BCUT2D eigenvalue weighted by Crippen LogP contribution is 2.30. The summed E-state index contributed by atoms with van der Waals surface area (Å²) in [5.41, 5.74) is 0. The molecule has 1 aliphatic heterocycles. The van der Waals surface area contributed by atoms with Crippen molar-refractivity contribution < 1.29 is 13.8 Å². The van der Waals surface area contributed by atoms with Crippen LogP contribution in [0.15, 0.2) is 0 Å². The van der Waals surface area contributed by atoms with Gasteiger partial charge in [-0.1, -0.05) is 6.92 Å². The largest absolute Gasteiger partial charge is 0.370 e. The van der Waals surface area contributed by atoms with Crippen LogP contribution in [0.4, 0.5) is 0 Å². The predicted octanol–water partition coefficient (Wildman–Crippen LogP) is 1.39. The third-order valence-electron chi connectivity index (χ3n) is 2.43. The summed E-state index contributed by atoms with van der Waals surface area (Å²) in [5, 5.41) is 0. The Balaban J connectivity index is 2.52. The molecule has 0 spiro atoms. The van der Waals surface area contributed by atoms with E-state index in [1.54, 1.807) is 0 Å². The van der Waals surface area contributed by atoms with Crippen LogP contribution in [0.3, 0.4) is 0 Å². The second kappa shape index (κ2) is 4.83. The monoisotopic (exact) mass is 210 g/mol. The molecule has 0 N–H and O–H groups in total. The highest BCUT2D eigenvalue weighted by Gasteiger charge is 2.39. The molecular formula is C7H16O3P2. The quantitative estimate of drug-likeness (QED) is 0.659. The molecule has 1 heterocycles. The van der Waals surface area contributed by atoms with Crippen molar-refractivity contribution in [1.82, 2.24) is 0 Å². The number of ether oxygens (including phenoxy) is 1. The molecule has 12 heavy (non-hydrogen) atoms. The van der Waals surface area contributed by atoms with Crippen LogP contribution in [0.25, 0.3) is 0 Å². The van der Waals surface area contributed by atoms with Crippen LogP contribution in [0, 0.1) is 5.92 Å². The lowest BCUT2D eigenvalue weighted by Gasteiger charge is -2.17. The summed E-state index contributed by atoms with van der Waals surface area (Å²) in [7, 11) is 4.52. The van der Waals surface area contributed by atoms with Gasteiger partial charge in [-0.2, -0.15) is 0 Å². The van der Waals surface area contributed by atoms with Crippen molar-refractivity contribution >= 4 is 18.9 Å². The minimum atomic E-state index is 0.0602. The molecule has 1 aliphatic rings. The zero-order valence-electron chi connectivity index (χ0n) is 7.40. The molecule has 6 unspecified atom stereocenters. The highest BCUT2D eigenvalue weighted by atomic mass is 31.0. The Hall–Kier alpha value is 0.740. The zero-order chi connectivity index (χ0) is 9.14. The molecule has 0 amide bonds. The van der Waals surface area contributed by atoms with Crippen LogP contribution in [0.5, 0.6) is 0 Å². The lowest BCUT2D eigenvalue weighted by Crippen LogP contribution is -2.29. The summed E-state index contributed by atoms with van der Waals surface area (Å²) in [5.74, 6) is 0.424. The van der Waals surface area contributed by atoms with E-state index >= 15 is 0 Å². The topological polar surface area (TPSA) is 27.7 Å². The summed E-state index contributed by atoms with van der Waals surface area (Å²) in [6.45, 7) is 4.75. The fraction of sp³-hybridized carbons (Fsp3) is 1.00. The Bertz CT molecular complexity index is 145. The first kappa shape index (κ1) is 10.8. The Morgan fingerprint density at radius 3 is 2.50 bits per heavy atom. The fourth-order valence-corrected chi connectivity index (χ4v) is 2.14. The third kappa shape index (κ3) is 2.16. The SMILES string of the molecule is CC1OC(COP)C(OP)C1C. The van der Waals surface area contributed by atoms with Gasteiger partial charge in [-0.15, -0.1) is 0 Å². The molecule has 72 valence electrons. The molecule has 0 aromatic carbocycles. The van der Waals surface area contributed by atoms with Crippen LogP contribution in [0.1, 0.15) is 13.8 Å². The van der Waals surface area contributed by atoms with E-state index in [0.29, 0.717) is 12.5 Å². The summed E-state index contributed by atoms with van der Waals surface area (Å²) in [6, 6.07) is 0. The second-order valence-corrected chi connectivity index (χ2v) is 3.78. The van der Waals surface area contributed by atoms with Gasteiger partial charge in [0.25, 0.3) is 0 Å². The van der Waals surface area contributed by atoms with E-state index in [4.69, 9.17) is 13.8 Å². The Morgan fingerprint density at radius 2 is 2.00 bits per heavy atom. The highest BCUT2D eigenvalue weighted by molar-refractivity contribution is 7.10. The van der Waals surface area contributed by atoms with E-state index in [1.165, 1.54) is 0 Å². The van der Waals surface area contributed by atoms with Gasteiger partial charge in [0.1, 0.15) is 6.10 Å². The average Bonchev–Trinajstić information content (AvgIpc) is 2.29. The van der Waals surface area contributed by atoms with Gasteiger partial charge in [0.15, 0.2) is 0 Å². The first-order chi connectivity index (χ1) is 5.70.